The summed E-state index contributed by atoms with van der Waals surface area (Å²) in [4.78, 5) is 12.1. The van der Waals surface area contributed by atoms with Gasteiger partial charge in [0.05, 0.1) is 5.39 Å². The Balaban J connectivity index is 2.33. The molecular formula is C15H8O5. The zero-order valence-electron chi connectivity index (χ0n) is 10.1. The summed E-state index contributed by atoms with van der Waals surface area (Å²) in [5.41, 5.74) is 0.566. The number of rotatable bonds is 0. The summed E-state index contributed by atoms with van der Waals surface area (Å²) in [6, 6.07) is 9.02. The van der Waals surface area contributed by atoms with E-state index in [2.05, 4.69) is 0 Å². The molecule has 2 aromatic carbocycles. The van der Waals surface area contributed by atoms with Crippen molar-refractivity contribution in [3.63, 3.8) is 0 Å². The van der Waals surface area contributed by atoms with Crippen molar-refractivity contribution in [3.8, 4) is 11.5 Å². The standard InChI is InChI=1S/C15H8O5/c16-7-2-4-11-10(5-7)13-14(19-11)9-3-1-8(17)6-12(9)20-15(13)18/h1-6,16-17H. The first-order valence-corrected chi connectivity index (χ1v) is 5.94. The average Bonchev–Trinajstić information content (AvgIpc) is 2.77. The summed E-state index contributed by atoms with van der Waals surface area (Å²) in [6.07, 6.45) is 0. The normalized spacial score (nSPS) is 11.6. The number of phenolic OH excluding ortho intramolecular Hbond substituents is 2. The van der Waals surface area contributed by atoms with E-state index in [0.29, 0.717) is 21.9 Å². The molecule has 0 bridgehead atoms. The van der Waals surface area contributed by atoms with Crippen molar-refractivity contribution in [2.45, 2.75) is 0 Å². The molecule has 2 aromatic heterocycles. The Morgan fingerprint density at radius 3 is 2.40 bits per heavy atom. The maximum atomic E-state index is 12.1. The fraction of sp³-hybridized carbons (Fsp3) is 0. The fourth-order valence-corrected chi connectivity index (χ4v) is 2.41. The van der Waals surface area contributed by atoms with Crippen LogP contribution in [0.2, 0.25) is 0 Å². The highest BCUT2D eigenvalue weighted by Crippen LogP contribution is 2.34. The molecule has 0 saturated heterocycles. The lowest BCUT2D eigenvalue weighted by Crippen LogP contribution is -1.97. The third-order valence-corrected chi connectivity index (χ3v) is 3.29. The van der Waals surface area contributed by atoms with Crippen molar-refractivity contribution in [2.24, 2.45) is 0 Å². The molecule has 4 rings (SSSR count). The molecule has 98 valence electrons. The molecular weight excluding hydrogens is 260 g/mol. The predicted octanol–water partition coefficient (Wildman–Crippen LogP) is 3.10. The van der Waals surface area contributed by atoms with Gasteiger partial charge < -0.3 is 19.0 Å². The van der Waals surface area contributed by atoms with E-state index in [4.69, 9.17) is 8.83 Å². The number of hydrogen-bond donors (Lipinski definition) is 2. The molecule has 5 nitrogen and oxygen atoms in total. The Morgan fingerprint density at radius 1 is 0.800 bits per heavy atom. The van der Waals surface area contributed by atoms with E-state index in [1.807, 2.05) is 0 Å². The lowest BCUT2D eigenvalue weighted by atomic mass is 10.1. The van der Waals surface area contributed by atoms with E-state index >= 15 is 0 Å². The summed E-state index contributed by atoms with van der Waals surface area (Å²) >= 11 is 0. The van der Waals surface area contributed by atoms with Crippen LogP contribution in [0.5, 0.6) is 11.5 Å². The average molecular weight is 268 g/mol. The van der Waals surface area contributed by atoms with Crippen LogP contribution >= 0.6 is 0 Å². The highest BCUT2D eigenvalue weighted by Gasteiger charge is 2.16. The van der Waals surface area contributed by atoms with Gasteiger partial charge in [0.2, 0.25) is 0 Å². The van der Waals surface area contributed by atoms with Gasteiger partial charge in [-0.15, -0.1) is 0 Å². The molecule has 5 heteroatoms. The van der Waals surface area contributed by atoms with Crippen LogP contribution in [0.1, 0.15) is 0 Å². The summed E-state index contributed by atoms with van der Waals surface area (Å²) in [6.45, 7) is 0. The second-order valence-electron chi connectivity index (χ2n) is 4.56. The number of benzene rings is 2. The third-order valence-electron chi connectivity index (χ3n) is 3.29. The van der Waals surface area contributed by atoms with E-state index in [1.165, 1.54) is 24.3 Å². The number of fused-ring (bicyclic) bond motifs is 5. The van der Waals surface area contributed by atoms with Crippen molar-refractivity contribution in [1.29, 1.82) is 0 Å². The maximum Gasteiger partial charge on any atom is 0.348 e. The molecule has 20 heavy (non-hydrogen) atoms. The SMILES string of the molecule is O=c1oc2cc(O)ccc2c2oc3ccc(O)cc3c12. The third kappa shape index (κ3) is 1.34. The van der Waals surface area contributed by atoms with Crippen LogP contribution in [-0.2, 0) is 0 Å². The van der Waals surface area contributed by atoms with Crippen LogP contribution in [0.3, 0.4) is 0 Å². The Hall–Kier alpha value is -2.95. The number of aromatic hydroxyl groups is 2. The fourth-order valence-electron chi connectivity index (χ4n) is 2.41. The molecule has 2 N–H and O–H groups in total. The first-order valence-electron chi connectivity index (χ1n) is 5.94. The van der Waals surface area contributed by atoms with Gasteiger partial charge in [0.1, 0.15) is 28.1 Å². The largest absolute Gasteiger partial charge is 0.508 e. The first-order chi connectivity index (χ1) is 9.63. The van der Waals surface area contributed by atoms with Gasteiger partial charge in [-0.1, -0.05) is 0 Å². The number of phenols is 2. The molecule has 0 unspecified atom stereocenters. The van der Waals surface area contributed by atoms with Gasteiger partial charge in [-0.3, -0.25) is 0 Å². The van der Waals surface area contributed by atoms with Gasteiger partial charge in [0.25, 0.3) is 0 Å². The van der Waals surface area contributed by atoms with Crippen LogP contribution < -0.4 is 5.63 Å². The Morgan fingerprint density at radius 2 is 1.55 bits per heavy atom. The van der Waals surface area contributed by atoms with E-state index in [9.17, 15) is 15.0 Å². The molecule has 0 aliphatic carbocycles. The molecule has 0 atom stereocenters. The van der Waals surface area contributed by atoms with Gasteiger partial charge in [-0.2, -0.15) is 0 Å². The molecule has 0 fully saturated rings. The van der Waals surface area contributed by atoms with E-state index < -0.39 is 5.63 Å². The van der Waals surface area contributed by atoms with Crippen molar-refractivity contribution in [3.05, 3.63) is 46.8 Å². The van der Waals surface area contributed by atoms with E-state index in [0.717, 1.165) is 0 Å². The molecule has 0 aliphatic heterocycles. The lowest BCUT2D eigenvalue weighted by molar-refractivity contribution is 0.473. The summed E-state index contributed by atoms with van der Waals surface area (Å²) in [5, 5.41) is 20.4. The summed E-state index contributed by atoms with van der Waals surface area (Å²) in [7, 11) is 0. The van der Waals surface area contributed by atoms with Crippen LogP contribution in [0, 0.1) is 0 Å². The Bertz CT molecular complexity index is 1040. The maximum absolute atomic E-state index is 12.1. The molecule has 4 aromatic rings. The Kier molecular flexibility index (Phi) is 1.93. The van der Waals surface area contributed by atoms with Gasteiger partial charge in [-0.25, -0.2) is 4.79 Å². The molecule has 0 amide bonds. The van der Waals surface area contributed by atoms with Gasteiger partial charge >= 0.3 is 5.63 Å². The molecule has 0 radical (unpaired) electrons. The predicted molar refractivity (Wildman–Crippen MR) is 73.1 cm³/mol. The van der Waals surface area contributed by atoms with Crippen molar-refractivity contribution < 1.29 is 19.0 Å². The zero-order valence-corrected chi connectivity index (χ0v) is 10.1. The Labute approximate surface area is 111 Å². The summed E-state index contributed by atoms with van der Waals surface area (Å²) < 4.78 is 10.9. The highest BCUT2D eigenvalue weighted by atomic mass is 16.4. The van der Waals surface area contributed by atoms with Crippen LogP contribution in [-0.4, -0.2) is 10.2 Å². The van der Waals surface area contributed by atoms with Crippen molar-refractivity contribution >= 4 is 32.9 Å². The smallest absolute Gasteiger partial charge is 0.348 e. The molecule has 2 heterocycles. The van der Waals surface area contributed by atoms with Crippen molar-refractivity contribution in [2.75, 3.05) is 0 Å². The number of hydrogen-bond acceptors (Lipinski definition) is 5. The van der Waals surface area contributed by atoms with Gasteiger partial charge in [0.15, 0.2) is 5.58 Å². The topological polar surface area (TPSA) is 83.8 Å². The second kappa shape index (κ2) is 3.54. The van der Waals surface area contributed by atoms with Gasteiger partial charge in [0, 0.05) is 11.5 Å². The van der Waals surface area contributed by atoms with Crippen molar-refractivity contribution in [1.82, 2.24) is 0 Å². The number of furan rings is 1. The van der Waals surface area contributed by atoms with E-state index in [-0.39, 0.29) is 22.5 Å². The minimum absolute atomic E-state index is 0.00811. The molecule has 0 aliphatic rings. The zero-order chi connectivity index (χ0) is 13.9. The highest BCUT2D eigenvalue weighted by molar-refractivity contribution is 6.13. The second-order valence-corrected chi connectivity index (χ2v) is 4.56. The minimum Gasteiger partial charge on any atom is -0.508 e. The molecule has 0 spiro atoms. The quantitative estimate of drug-likeness (QED) is 0.479. The van der Waals surface area contributed by atoms with Crippen LogP contribution in [0.15, 0.2) is 50.0 Å². The first kappa shape index (κ1) is 10.9. The van der Waals surface area contributed by atoms with Crippen LogP contribution in [0.4, 0.5) is 0 Å². The monoisotopic (exact) mass is 268 g/mol. The lowest BCUT2D eigenvalue weighted by Gasteiger charge is -1.97. The van der Waals surface area contributed by atoms with Gasteiger partial charge in [-0.05, 0) is 30.3 Å². The summed E-state index contributed by atoms with van der Waals surface area (Å²) in [5.74, 6) is 0.0548. The minimum atomic E-state index is -0.567. The van der Waals surface area contributed by atoms with Crippen LogP contribution in [0.25, 0.3) is 32.9 Å². The van der Waals surface area contributed by atoms with E-state index in [1.54, 1.807) is 12.1 Å². The molecule has 0 saturated carbocycles.